The normalized spacial score (nSPS) is 10.7. The Bertz CT molecular complexity index is 748. The number of benzene rings is 2. The van der Waals surface area contributed by atoms with Crippen LogP contribution in [0, 0.1) is 5.82 Å². The number of hydrogen-bond donors (Lipinski definition) is 0. The van der Waals surface area contributed by atoms with Crippen LogP contribution in [0.4, 0.5) is 10.1 Å². The molecule has 0 aliphatic rings. The number of nitrogens with zero attached hydrogens (tertiary/aromatic N) is 3. The van der Waals surface area contributed by atoms with Gasteiger partial charge in [-0.05, 0) is 42.0 Å². The van der Waals surface area contributed by atoms with Crippen molar-refractivity contribution in [3.8, 4) is 11.4 Å². The Morgan fingerprint density at radius 1 is 1.00 bits per heavy atom. The molecule has 4 nitrogen and oxygen atoms in total. The van der Waals surface area contributed by atoms with E-state index < -0.39 is 0 Å². The molecule has 22 heavy (non-hydrogen) atoms. The van der Waals surface area contributed by atoms with E-state index in [0.717, 1.165) is 16.8 Å². The first-order valence-corrected chi connectivity index (χ1v) is 6.96. The lowest BCUT2D eigenvalue weighted by molar-refractivity contribution is 0.385. The van der Waals surface area contributed by atoms with Gasteiger partial charge in [0.05, 0.1) is 6.42 Å². The van der Waals surface area contributed by atoms with Crippen LogP contribution in [0.2, 0.25) is 0 Å². The smallest absolute Gasteiger partial charge is 0.231 e. The van der Waals surface area contributed by atoms with Crippen LogP contribution in [0.15, 0.2) is 53.1 Å². The standard InChI is InChI=1S/C17H16FN3O/c1-21(2)15-9-5-13(6-10-15)17-19-16(22-20-17)11-12-3-7-14(18)8-4-12/h3-10H,11H2,1-2H3. The summed E-state index contributed by atoms with van der Waals surface area (Å²) in [5.41, 5.74) is 2.94. The maximum absolute atomic E-state index is 12.9. The molecule has 0 N–H and O–H groups in total. The molecule has 112 valence electrons. The molecule has 0 bridgehead atoms. The summed E-state index contributed by atoms with van der Waals surface area (Å²) in [6.45, 7) is 0. The van der Waals surface area contributed by atoms with Gasteiger partial charge < -0.3 is 9.42 Å². The van der Waals surface area contributed by atoms with Gasteiger partial charge in [-0.3, -0.25) is 0 Å². The maximum atomic E-state index is 12.9. The predicted molar refractivity (Wildman–Crippen MR) is 83.3 cm³/mol. The number of halogens is 1. The zero-order valence-electron chi connectivity index (χ0n) is 12.5. The first-order valence-electron chi connectivity index (χ1n) is 6.96. The van der Waals surface area contributed by atoms with Gasteiger partial charge in [0.2, 0.25) is 11.7 Å². The third kappa shape index (κ3) is 3.14. The van der Waals surface area contributed by atoms with Crippen LogP contribution in [0.5, 0.6) is 0 Å². The number of anilines is 1. The molecule has 0 atom stereocenters. The minimum absolute atomic E-state index is 0.254. The molecule has 1 aromatic heterocycles. The molecule has 0 spiro atoms. The largest absolute Gasteiger partial charge is 0.378 e. The molecule has 0 saturated carbocycles. The molecule has 3 aromatic rings. The fraction of sp³-hybridized carbons (Fsp3) is 0.176. The third-order valence-electron chi connectivity index (χ3n) is 3.38. The molecule has 3 rings (SSSR count). The monoisotopic (exact) mass is 297 g/mol. The molecule has 0 aliphatic heterocycles. The van der Waals surface area contributed by atoms with Gasteiger partial charge in [-0.15, -0.1) is 0 Å². The number of aromatic nitrogens is 2. The van der Waals surface area contributed by atoms with E-state index in [9.17, 15) is 4.39 Å². The van der Waals surface area contributed by atoms with Gasteiger partial charge in [0.25, 0.3) is 0 Å². The van der Waals surface area contributed by atoms with Crippen molar-refractivity contribution in [3.63, 3.8) is 0 Å². The highest BCUT2D eigenvalue weighted by Gasteiger charge is 2.09. The molecule has 1 heterocycles. The van der Waals surface area contributed by atoms with E-state index in [4.69, 9.17) is 4.52 Å². The van der Waals surface area contributed by atoms with E-state index >= 15 is 0 Å². The van der Waals surface area contributed by atoms with E-state index in [-0.39, 0.29) is 5.82 Å². The maximum Gasteiger partial charge on any atom is 0.231 e. The van der Waals surface area contributed by atoms with E-state index in [1.165, 1.54) is 12.1 Å². The van der Waals surface area contributed by atoms with Crippen molar-refractivity contribution in [3.05, 3.63) is 65.8 Å². The zero-order valence-corrected chi connectivity index (χ0v) is 12.5. The molecule has 0 fully saturated rings. The number of rotatable bonds is 4. The Morgan fingerprint density at radius 2 is 1.68 bits per heavy atom. The van der Waals surface area contributed by atoms with Crippen molar-refractivity contribution in [1.82, 2.24) is 10.1 Å². The Balaban J connectivity index is 1.77. The molecule has 0 amide bonds. The number of hydrogen-bond acceptors (Lipinski definition) is 4. The van der Waals surface area contributed by atoms with Crippen molar-refractivity contribution >= 4 is 5.69 Å². The molecule has 0 unspecified atom stereocenters. The summed E-state index contributed by atoms with van der Waals surface area (Å²) in [4.78, 5) is 6.42. The summed E-state index contributed by atoms with van der Waals surface area (Å²) in [6, 6.07) is 14.2. The van der Waals surface area contributed by atoms with E-state index in [1.807, 2.05) is 43.3 Å². The van der Waals surface area contributed by atoms with Crippen LogP contribution in [0.1, 0.15) is 11.5 Å². The lowest BCUT2D eigenvalue weighted by atomic mass is 10.1. The average Bonchev–Trinajstić information content (AvgIpc) is 2.98. The zero-order chi connectivity index (χ0) is 15.5. The van der Waals surface area contributed by atoms with Crippen molar-refractivity contribution in [1.29, 1.82) is 0 Å². The Kier molecular flexibility index (Phi) is 3.87. The van der Waals surface area contributed by atoms with Crippen LogP contribution in [-0.4, -0.2) is 24.2 Å². The highest BCUT2D eigenvalue weighted by molar-refractivity contribution is 5.59. The SMILES string of the molecule is CN(C)c1ccc(-c2noc(Cc3ccc(F)cc3)n2)cc1. The van der Waals surface area contributed by atoms with Crippen LogP contribution in [0.3, 0.4) is 0 Å². The van der Waals surface area contributed by atoms with Gasteiger partial charge in [-0.25, -0.2) is 4.39 Å². The minimum atomic E-state index is -0.254. The van der Waals surface area contributed by atoms with Gasteiger partial charge in [0.1, 0.15) is 5.82 Å². The fourth-order valence-corrected chi connectivity index (χ4v) is 2.13. The van der Waals surface area contributed by atoms with Gasteiger partial charge >= 0.3 is 0 Å². The van der Waals surface area contributed by atoms with Crippen LogP contribution < -0.4 is 4.90 Å². The van der Waals surface area contributed by atoms with Crippen molar-refractivity contribution in [2.45, 2.75) is 6.42 Å². The van der Waals surface area contributed by atoms with Crippen LogP contribution in [0.25, 0.3) is 11.4 Å². The van der Waals surface area contributed by atoms with Crippen LogP contribution >= 0.6 is 0 Å². The Labute approximate surface area is 128 Å². The van der Waals surface area contributed by atoms with Gasteiger partial charge in [0, 0.05) is 25.3 Å². The molecule has 2 aromatic carbocycles. The van der Waals surface area contributed by atoms with Gasteiger partial charge in [0.15, 0.2) is 0 Å². The Hall–Kier alpha value is -2.69. The average molecular weight is 297 g/mol. The molecule has 0 aliphatic carbocycles. The van der Waals surface area contributed by atoms with Crippen molar-refractivity contribution in [2.75, 3.05) is 19.0 Å². The summed E-state index contributed by atoms with van der Waals surface area (Å²) in [5, 5.41) is 4.00. The summed E-state index contributed by atoms with van der Waals surface area (Å²) in [6.07, 6.45) is 0.489. The van der Waals surface area contributed by atoms with Crippen LogP contribution in [-0.2, 0) is 6.42 Å². The van der Waals surface area contributed by atoms with Gasteiger partial charge in [-0.2, -0.15) is 4.98 Å². The molecular weight excluding hydrogens is 281 g/mol. The fourth-order valence-electron chi connectivity index (χ4n) is 2.13. The van der Waals surface area contributed by atoms with Gasteiger partial charge in [-0.1, -0.05) is 17.3 Å². The lowest BCUT2D eigenvalue weighted by Gasteiger charge is -2.11. The minimum Gasteiger partial charge on any atom is -0.378 e. The van der Waals surface area contributed by atoms with E-state index in [0.29, 0.717) is 18.1 Å². The highest BCUT2D eigenvalue weighted by Crippen LogP contribution is 2.20. The second-order valence-electron chi connectivity index (χ2n) is 5.26. The Morgan fingerprint density at radius 3 is 2.32 bits per heavy atom. The molecular formula is C17H16FN3O. The predicted octanol–water partition coefficient (Wildman–Crippen LogP) is 3.53. The summed E-state index contributed by atoms with van der Waals surface area (Å²) < 4.78 is 18.2. The third-order valence-corrected chi connectivity index (χ3v) is 3.38. The summed E-state index contributed by atoms with van der Waals surface area (Å²) in [5.74, 6) is 0.816. The molecule has 5 heteroatoms. The second kappa shape index (κ2) is 5.97. The topological polar surface area (TPSA) is 42.2 Å². The lowest BCUT2D eigenvalue weighted by Crippen LogP contribution is -2.07. The molecule has 0 saturated heterocycles. The van der Waals surface area contributed by atoms with E-state index in [2.05, 4.69) is 10.1 Å². The first-order chi connectivity index (χ1) is 10.6. The quantitative estimate of drug-likeness (QED) is 0.739. The van der Waals surface area contributed by atoms with Crippen molar-refractivity contribution in [2.24, 2.45) is 0 Å². The van der Waals surface area contributed by atoms with Crippen molar-refractivity contribution < 1.29 is 8.91 Å². The summed E-state index contributed by atoms with van der Waals surface area (Å²) >= 11 is 0. The first kappa shape index (κ1) is 14.3. The molecule has 0 radical (unpaired) electrons. The van der Waals surface area contributed by atoms with E-state index in [1.54, 1.807) is 12.1 Å². The second-order valence-corrected chi connectivity index (χ2v) is 5.26. The highest BCUT2D eigenvalue weighted by atomic mass is 19.1. The summed E-state index contributed by atoms with van der Waals surface area (Å²) in [7, 11) is 3.98.